The number of aromatic nitrogens is 3. The Morgan fingerprint density at radius 3 is 2.60 bits per heavy atom. The molecule has 3 heterocycles. The quantitative estimate of drug-likeness (QED) is 0.691. The summed E-state index contributed by atoms with van der Waals surface area (Å²) in [7, 11) is 0. The van der Waals surface area contributed by atoms with E-state index in [2.05, 4.69) is 30.1 Å². The lowest BCUT2D eigenvalue weighted by Gasteiger charge is -2.34. The first-order valence-corrected chi connectivity index (χ1v) is 8.72. The molecule has 7 heteroatoms. The normalized spacial score (nSPS) is 15.6. The maximum Gasteiger partial charge on any atom is 0.295 e. The van der Waals surface area contributed by atoms with Crippen molar-refractivity contribution >= 4 is 23.1 Å². The van der Waals surface area contributed by atoms with Gasteiger partial charge in [0.25, 0.3) is 6.01 Å². The highest BCUT2D eigenvalue weighted by Gasteiger charge is 2.18. The third-order valence-corrected chi connectivity index (χ3v) is 4.43. The topological polar surface area (TPSA) is 70.3 Å². The monoisotopic (exact) mass is 338 g/mol. The van der Waals surface area contributed by atoms with E-state index in [0.717, 1.165) is 62.7 Å². The fourth-order valence-corrected chi connectivity index (χ4v) is 3.07. The summed E-state index contributed by atoms with van der Waals surface area (Å²) in [6.45, 7) is 5.96. The Balaban J connectivity index is 1.18. The fourth-order valence-electron chi connectivity index (χ4n) is 3.07. The van der Waals surface area contributed by atoms with Crippen LogP contribution in [0.4, 0.5) is 12.0 Å². The van der Waals surface area contributed by atoms with Gasteiger partial charge in [0, 0.05) is 45.1 Å². The van der Waals surface area contributed by atoms with Crippen LogP contribution in [0.5, 0.6) is 0 Å². The molecule has 0 radical (unpaired) electrons. The molecule has 1 N–H and O–H groups in total. The Hall–Kier alpha value is -2.67. The van der Waals surface area contributed by atoms with E-state index in [-0.39, 0.29) is 0 Å². The second kappa shape index (κ2) is 7.48. The molecule has 2 aromatic heterocycles. The number of hydrogen-bond acceptors (Lipinski definition) is 7. The molecule has 1 aromatic carbocycles. The van der Waals surface area contributed by atoms with Crippen molar-refractivity contribution < 1.29 is 4.42 Å². The van der Waals surface area contributed by atoms with Gasteiger partial charge in [-0.3, -0.25) is 4.90 Å². The second-order valence-electron chi connectivity index (χ2n) is 6.14. The van der Waals surface area contributed by atoms with Crippen molar-refractivity contribution in [1.29, 1.82) is 0 Å². The molecule has 1 fully saturated rings. The van der Waals surface area contributed by atoms with E-state index in [0.29, 0.717) is 6.01 Å². The van der Waals surface area contributed by atoms with Gasteiger partial charge in [0.2, 0.25) is 5.95 Å². The molecule has 0 unspecified atom stereocenters. The fraction of sp³-hybridized carbons (Fsp3) is 0.389. The first-order chi connectivity index (χ1) is 12.4. The third-order valence-electron chi connectivity index (χ3n) is 4.43. The number of benzene rings is 1. The number of hydrogen-bond donors (Lipinski definition) is 1. The maximum atomic E-state index is 5.67. The average Bonchev–Trinajstić information content (AvgIpc) is 3.09. The zero-order valence-corrected chi connectivity index (χ0v) is 14.1. The van der Waals surface area contributed by atoms with Crippen LogP contribution in [0, 0.1) is 0 Å². The van der Waals surface area contributed by atoms with Crippen LogP contribution in [0.2, 0.25) is 0 Å². The molecule has 1 aliphatic heterocycles. The van der Waals surface area contributed by atoms with Crippen LogP contribution in [-0.2, 0) is 0 Å². The molecule has 1 aliphatic rings. The van der Waals surface area contributed by atoms with E-state index in [1.54, 1.807) is 12.4 Å². The van der Waals surface area contributed by atoms with Crippen LogP contribution in [0.15, 0.2) is 47.1 Å². The minimum atomic E-state index is 0.604. The van der Waals surface area contributed by atoms with Crippen LogP contribution in [-0.4, -0.2) is 59.1 Å². The van der Waals surface area contributed by atoms with Gasteiger partial charge in [-0.05, 0) is 31.2 Å². The number of nitrogens with zero attached hydrogens (tertiary/aromatic N) is 5. The number of nitrogens with one attached hydrogen (secondary N) is 1. The molecule has 0 amide bonds. The molecule has 0 bridgehead atoms. The summed E-state index contributed by atoms with van der Waals surface area (Å²) in [5.41, 5.74) is 1.72. The Labute approximate surface area is 146 Å². The van der Waals surface area contributed by atoms with Gasteiger partial charge in [0.05, 0.1) is 0 Å². The highest BCUT2D eigenvalue weighted by atomic mass is 16.4. The minimum absolute atomic E-state index is 0.604. The van der Waals surface area contributed by atoms with E-state index in [1.165, 1.54) is 0 Å². The highest BCUT2D eigenvalue weighted by molar-refractivity contribution is 5.74. The summed E-state index contributed by atoms with van der Waals surface area (Å²) in [5.74, 6) is 0.833. The Morgan fingerprint density at radius 1 is 1.00 bits per heavy atom. The summed E-state index contributed by atoms with van der Waals surface area (Å²) in [4.78, 5) is 17.8. The van der Waals surface area contributed by atoms with Crippen LogP contribution < -0.4 is 10.2 Å². The van der Waals surface area contributed by atoms with Crippen molar-refractivity contribution in [2.75, 3.05) is 49.5 Å². The van der Waals surface area contributed by atoms with E-state index in [1.807, 2.05) is 30.3 Å². The molecule has 3 aromatic rings. The summed E-state index contributed by atoms with van der Waals surface area (Å²) in [5, 5.41) is 3.27. The molecule has 7 nitrogen and oxygen atoms in total. The molecule has 1 saturated heterocycles. The first-order valence-electron chi connectivity index (χ1n) is 8.72. The first kappa shape index (κ1) is 15.8. The zero-order valence-electron chi connectivity index (χ0n) is 14.1. The summed E-state index contributed by atoms with van der Waals surface area (Å²) >= 11 is 0. The molecule has 0 saturated carbocycles. The predicted octanol–water partition coefficient (Wildman–Crippen LogP) is 2.24. The van der Waals surface area contributed by atoms with Crippen molar-refractivity contribution in [1.82, 2.24) is 19.9 Å². The summed E-state index contributed by atoms with van der Waals surface area (Å²) in [6, 6.07) is 10.3. The van der Waals surface area contributed by atoms with Crippen molar-refractivity contribution in [2.45, 2.75) is 6.42 Å². The molecular weight excluding hydrogens is 316 g/mol. The van der Waals surface area contributed by atoms with Crippen molar-refractivity contribution in [3.63, 3.8) is 0 Å². The van der Waals surface area contributed by atoms with Crippen molar-refractivity contribution in [3.8, 4) is 0 Å². The summed E-state index contributed by atoms with van der Waals surface area (Å²) < 4.78 is 5.67. The lowest BCUT2D eigenvalue weighted by Crippen LogP contribution is -2.47. The van der Waals surface area contributed by atoms with Gasteiger partial charge < -0.3 is 14.6 Å². The smallest absolute Gasteiger partial charge is 0.295 e. The molecular formula is C18H22N6O. The van der Waals surface area contributed by atoms with Crippen LogP contribution in [0.1, 0.15) is 6.42 Å². The largest absolute Gasteiger partial charge is 0.424 e. The summed E-state index contributed by atoms with van der Waals surface area (Å²) in [6.07, 6.45) is 4.65. The molecule has 130 valence electrons. The van der Waals surface area contributed by atoms with Gasteiger partial charge in [0.15, 0.2) is 5.58 Å². The van der Waals surface area contributed by atoms with Gasteiger partial charge in [-0.2, -0.15) is 4.98 Å². The van der Waals surface area contributed by atoms with E-state index >= 15 is 0 Å². The molecule has 0 spiro atoms. The molecule has 0 aliphatic carbocycles. The van der Waals surface area contributed by atoms with Crippen LogP contribution >= 0.6 is 0 Å². The highest BCUT2D eigenvalue weighted by Crippen LogP contribution is 2.18. The van der Waals surface area contributed by atoms with Crippen molar-refractivity contribution in [2.24, 2.45) is 0 Å². The lowest BCUT2D eigenvalue weighted by molar-refractivity contribution is 0.256. The van der Waals surface area contributed by atoms with Gasteiger partial charge in [-0.15, -0.1) is 0 Å². The number of anilines is 2. The minimum Gasteiger partial charge on any atom is -0.424 e. The number of para-hydroxylation sites is 2. The zero-order chi connectivity index (χ0) is 16.9. The Kier molecular flexibility index (Phi) is 4.74. The van der Waals surface area contributed by atoms with Gasteiger partial charge >= 0.3 is 0 Å². The van der Waals surface area contributed by atoms with Crippen molar-refractivity contribution in [3.05, 3.63) is 42.7 Å². The standard InChI is InChI=1S/C18H22N6O/c1-2-6-16-15(5-1)22-18(25-16)21-9-4-10-23-11-13-24(14-12-23)17-19-7-3-8-20-17/h1-3,5-8H,4,9-14H2,(H,21,22). The van der Waals surface area contributed by atoms with E-state index in [4.69, 9.17) is 4.42 Å². The molecule has 4 rings (SSSR count). The number of oxazole rings is 1. The van der Waals surface area contributed by atoms with Gasteiger partial charge in [-0.25, -0.2) is 9.97 Å². The van der Waals surface area contributed by atoms with E-state index in [9.17, 15) is 0 Å². The second-order valence-corrected chi connectivity index (χ2v) is 6.14. The lowest BCUT2D eigenvalue weighted by atomic mass is 10.3. The third kappa shape index (κ3) is 3.88. The average molecular weight is 338 g/mol. The Morgan fingerprint density at radius 2 is 1.80 bits per heavy atom. The van der Waals surface area contributed by atoms with Crippen LogP contribution in [0.25, 0.3) is 11.1 Å². The molecule has 0 atom stereocenters. The number of fused-ring (bicyclic) bond motifs is 1. The van der Waals surface area contributed by atoms with Gasteiger partial charge in [-0.1, -0.05) is 12.1 Å². The van der Waals surface area contributed by atoms with Gasteiger partial charge in [0.1, 0.15) is 5.52 Å². The molecule has 25 heavy (non-hydrogen) atoms. The van der Waals surface area contributed by atoms with Crippen LogP contribution in [0.3, 0.4) is 0 Å². The van der Waals surface area contributed by atoms with E-state index < -0.39 is 0 Å². The predicted molar refractivity (Wildman–Crippen MR) is 97.8 cm³/mol. The number of rotatable bonds is 6. The maximum absolute atomic E-state index is 5.67. The number of piperazine rings is 1. The SMILES string of the molecule is c1cnc(N2CCN(CCCNc3nc4ccccc4o3)CC2)nc1. The Bertz CT molecular complexity index is 764.